The van der Waals surface area contributed by atoms with E-state index in [2.05, 4.69) is 49.0 Å². The van der Waals surface area contributed by atoms with Gasteiger partial charge in [-0.2, -0.15) is 0 Å². The maximum atomic E-state index is 12.9. The number of carbonyl (C=O) groups excluding carboxylic acids is 6. The van der Waals surface area contributed by atoms with E-state index in [1.807, 2.05) is 0 Å². The predicted molar refractivity (Wildman–Crippen MR) is 331 cm³/mol. The third kappa shape index (κ3) is 60.3. The number of carbonyl (C=O) groups is 6. The second-order valence-corrected chi connectivity index (χ2v) is 25.7. The monoisotopic (exact) mass is 1290 g/mol. The zero-order valence-electron chi connectivity index (χ0n) is 54.6. The quantitative estimate of drug-likeness (QED) is 0.0155. The van der Waals surface area contributed by atoms with E-state index in [0.717, 1.165) is 103 Å². The van der Waals surface area contributed by atoms with Crippen molar-refractivity contribution in [1.29, 1.82) is 0 Å². The molecule has 6 atom stereocenters. The average Bonchev–Trinajstić information content (AvgIpc) is 3.48. The van der Waals surface area contributed by atoms with Gasteiger partial charge in [-0.1, -0.05) is 195 Å². The number of phosphoric acid groups is 2. The molecule has 6 N–H and O–H groups in total. The average molecular weight is 1290 g/mol. The van der Waals surface area contributed by atoms with Crippen LogP contribution in [-0.2, 0) is 65.5 Å². The summed E-state index contributed by atoms with van der Waals surface area (Å²) in [4.78, 5) is 101. The van der Waals surface area contributed by atoms with E-state index in [9.17, 15) is 57.9 Å². The Morgan fingerprint density at radius 3 is 1.00 bits per heavy atom. The fraction of sp³-hybridized carbons (Fsp3) is 0.903. The van der Waals surface area contributed by atoms with Crippen LogP contribution in [0, 0.1) is 0 Å². The molecule has 0 aromatic rings. The van der Waals surface area contributed by atoms with Gasteiger partial charge in [-0.3, -0.25) is 37.9 Å². The first-order valence-corrected chi connectivity index (χ1v) is 36.1. The number of aliphatic hydroxyl groups excluding tert-OH is 2. The number of unbranched alkanes of at least 4 members (excludes halogenated alkanes) is 24. The Bertz CT molecular complexity index is 1700. The van der Waals surface area contributed by atoms with Crippen LogP contribution < -0.4 is 60.6 Å². The van der Waals surface area contributed by atoms with Crippen molar-refractivity contribution in [3.8, 4) is 0 Å². The topological polar surface area (TPSA) is 327 Å². The number of Topliss-reactive ketones (excluding diaryl/α,β-unsaturated/α-hetero) is 2. The van der Waals surface area contributed by atoms with E-state index >= 15 is 0 Å². The minimum Gasteiger partial charge on any atom is -0.756 e. The van der Waals surface area contributed by atoms with Gasteiger partial charge in [0.05, 0.1) is 76.8 Å². The normalized spacial score (nSPS) is 14.2. The molecule has 0 bridgehead atoms. The summed E-state index contributed by atoms with van der Waals surface area (Å²) < 4.78 is 56.7. The number of rotatable bonds is 65. The fourth-order valence-electron chi connectivity index (χ4n) is 9.30. The predicted octanol–water partition coefficient (Wildman–Crippen LogP) is 6.99. The van der Waals surface area contributed by atoms with Crippen molar-refractivity contribution < 1.29 is 115 Å². The summed E-state index contributed by atoms with van der Waals surface area (Å²) in [7, 11) is -9.94. The molecule has 506 valence electrons. The molecule has 0 rings (SSSR count). The van der Waals surface area contributed by atoms with Gasteiger partial charge in [0.2, 0.25) is 23.6 Å². The Labute approximate surface area is 546 Å². The molecule has 0 heterocycles. The summed E-state index contributed by atoms with van der Waals surface area (Å²) in [5.41, 5.74) is 0. The Balaban J connectivity index is 0. The zero-order chi connectivity index (χ0) is 63.8. The number of nitrogens with one attached hydrogen (secondary N) is 4. The second-order valence-electron chi connectivity index (χ2n) is 22.9. The largest absolute Gasteiger partial charge is 1.00 e. The fourth-order valence-corrected chi connectivity index (χ4v) is 10.8. The molecule has 0 aliphatic rings. The van der Waals surface area contributed by atoms with E-state index < -0.39 is 90.0 Å². The van der Waals surface area contributed by atoms with Crippen LogP contribution in [0.5, 0.6) is 0 Å². The molecule has 22 nitrogen and oxygen atoms in total. The zero-order valence-corrected chi connectivity index (χ0v) is 58.4. The van der Waals surface area contributed by atoms with E-state index in [1.165, 1.54) is 64.2 Å². The molecule has 0 aromatic heterocycles. The van der Waals surface area contributed by atoms with Crippen LogP contribution in [0.1, 0.15) is 272 Å². The van der Waals surface area contributed by atoms with Crippen LogP contribution in [-0.4, -0.2) is 136 Å². The Kier molecular flexibility index (Phi) is 60.8. The Hall–Kier alpha value is -1.72. The number of hydrogen-bond donors (Lipinski definition) is 6. The van der Waals surface area contributed by atoms with Crippen LogP contribution in [0.2, 0.25) is 0 Å². The van der Waals surface area contributed by atoms with E-state index in [4.69, 9.17) is 27.6 Å². The number of ether oxygens (including phenoxy) is 2. The van der Waals surface area contributed by atoms with Crippen molar-refractivity contribution in [3.63, 3.8) is 0 Å². The standard InChI is InChI=1S/C62H120N4O18P2.Na/c1-5-9-13-17-19-21-23-27-31-35-57(69)47-61(73)65-53(49-79-43-39-55(67)33-29-25-15-11-7-3)51-83-85(75,76)81-45-41-63-59(71)37-38-60(72)64-42-46-82-86(77,78)84-52-54(50-80-44-40-56(68)34-30-26-16-12-8-4)66-62(74)48-58(70)36-32-28-24-22-20-18-14-10-6-2;/h53-56,67-68H,5-52H2,1-4H3,(H,63,71)(H,64,72)(H,65,73)(H,66,74)(H,75,76)(H,77,78);/q;+1/p-2. The van der Waals surface area contributed by atoms with Crippen molar-refractivity contribution >= 4 is 50.8 Å². The Morgan fingerprint density at radius 1 is 0.379 bits per heavy atom. The SMILES string of the molecule is CCCCCCCCCCCC(=O)CC(=O)NC(COCCC(O)CCCCCCC)COP(=O)([O-])OCCNC(=O)CCC(=O)NCCOP(=O)([O-])OCC(COCCC(O)CCCCCCC)NC(=O)CC(=O)CCCCCCCCCCC.[Na+]. The van der Waals surface area contributed by atoms with E-state index in [-0.39, 0.29) is 119 Å². The van der Waals surface area contributed by atoms with Gasteiger partial charge in [-0.15, -0.1) is 0 Å². The molecule has 0 saturated carbocycles. The van der Waals surface area contributed by atoms with Gasteiger partial charge in [-0.25, -0.2) is 0 Å². The molecule has 4 amide bonds. The molecule has 0 aliphatic heterocycles. The summed E-state index contributed by atoms with van der Waals surface area (Å²) in [6.07, 6.45) is 30.0. The van der Waals surface area contributed by atoms with Crippen molar-refractivity contribution in [3.05, 3.63) is 0 Å². The number of amides is 4. The van der Waals surface area contributed by atoms with Crippen LogP contribution in [0.4, 0.5) is 0 Å². The van der Waals surface area contributed by atoms with Crippen molar-refractivity contribution in [2.45, 2.75) is 296 Å². The molecule has 0 fully saturated rings. The number of phosphoric ester groups is 2. The Morgan fingerprint density at radius 2 is 0.678 bits per heavy atom. The second kappa shape index (κ2) is 60.5. The van der Waals surface area contributed by atoms with E-state index in [1.54, 1.807) is 0 Å². The summed E-state index contributed by atoms with van der Waals surface area (Å²) in [5, 5.41) is 30.9. The number of aliphatic hydroxyl groups is 2. The minimum atomic E-state index is -4.97. The summed E-state index contributed by atoms with van der Waals surface area (Å²) >= 11 is 0. The maximum Gasteiger partial charge on any atom is 1.00 e. The van der Waals surface area contributed by atoms with Crippen LogP contribution >= 0.6 is 15.6 Å². The van der Waals surface area contributed by atoms with Gasteiger partial charge in [0.25, 0.3) is 15.6 Å². The van der Waals surface area contributed by atoms with Crippen LogP contribution in [0.3, 0.4) is 0 Å². The van der Waals surface area contributed by atoms with Gasteiger partial charge in [-0.05, 0) is 38.5 Å². The van der Waals surface area contributed by atoms with Gasteiger partial charge in [0.15, 0.2) is 0 Å². The maximum absolute atomic E-state index is 12.9. The molecule has 0 aromatic carbocycles. The molecule has 87 heavy (non-hydrogen) atoms. The molecule has 6 unspecified atom stereocenters. The summed E-state index contributed by atoms with van der Waals surface area (Å²) in [5.74, 6) is -2.91. The molecule has 0 radical (unpaired) electrons. The van der Waals surface area contributed by atoms with Crippen molar-refractivity contribution in [2.75, 3.05) is 65.9 Å². The third-order valence-electron chi connectivity index (χ3n) is 14.5. The van der Waals surface area contributed by atoms with E-state index in [0.29, 0.717) is 38.5 Å². The number of hydrogen-bond acceptors (Lipinski definition) is 18. The van der Waals surface area contributed by atoms with Gasteiger partial charge >= 0.3 is 29.6 Å². The summed E-state index contributed by atoms with van der Waals surface area (Å²) in [6.45, 7) is 5.85. The van der Waals surface area contributed by atoms with Gasteiger partial charge in [0, 0.05) is 52.0 Å². The molecule has 25 heteroatoms. The first-order valence-electron chi connectivity index (χ1n) is 33.2. The first kappa shape index (κ1) is 87.3. The first-order chi connectivity index (χ1) is 41.3. The van der Waals surface area contributed by atoms with Crippen molar-refractivity contribution in [2.24, 2.45) is 0 Å². The van der Waals surface area contributed by atoms with Gasteiger partial charge < -0.3 is 68.8 Å². The van der Waals surface area contributed by atoms with Crippen LogP contribution in [0.15, 0.2) is 0 Å². The molecule has 0 aliphatic carbocycles. The number of ketones is 2. The minimum absolute atomic E-state index is 0. The smallest absolute Gasteiger partial charge is 0.756 e. The molecular weight excluding hydrogens is 1170 g/mol. The summed E-state index contributed by atoms with van der Waals surface area (Å²) in [6, 6.07) is -1.95. The molecule has 0 saturated heterocycles. The van der Waals surface area contributed by atoms with Crippen molar-refractivity contribution in [1.82, 2.24) is 21.3 Å². The molecular formula is C62H118N4NaO18P2-. The molecule has 0 spiro atoms. The van der Waals surface area contributed by atoms with Crippen LogP contribution in [0.25, 0.3) is 0 Å². The van der Waals surface area contributed by atoms with Gasteiger partial charge in [0.1, 0.15) is 11.6 Å². The third-order valence-corrected chi connectivity index (χ3v) is 16.4.